The standard InChI is InChI=1S/C20H21N3O2/c1-14-6-5-7-18(15(14)2)22-20(24)16(13-21)12-17-8-9-19(25-17)23-10-3-4-11-23/h5-9,12H,3-4,10-11H2,1-2H3,(H,22,24)/b16-12-. The van der Waals surface area contributed by atoms with Crippen LogP contribution in [0, 0.1) is 25.2 Å². The number of nitrogens with one attached hydrogen (secondary N) is 1. The molecule has 0 radical (unpaired) electrons. The molecule has 0 saturated carbocycles. The van der Waals surface area contributed by atoms with Gasteiger partial charge in [-0.25, -0.2) is 0 Å². The molecule has 1 aliphatic heterocycles. The number of aryl methyl sites for hydroxylation is 1. The molecule has 3 rings (SSSR count). The first-order chi connectivity index (χ1) is 12.1. The predicted molar refractivity (Wildman–Crippen MR) is 98.3 cm³/mol. The number of amides is 1. The zero-order valence-electron chi connectivity index (χ0n) is 14.5. The molecule has 0 bridgehead atoms. The minimum Gasteiger partial charge on any atom is -0.441 e. The van der Waals surface area contributed by atoms with Crippen LogP contribution in [0.5, 0.6) is 0 Å². The Morgan fingerprint density at radius 2 is 2.00 bits per heavy atom. The summed E-state index contributed by atoms with van der Waals surface area (Å²) in [5, 5.41) is 12.1. The highest BCUT2D eigenvalue weighted by atomic mass is 16.4. The van der Waals surface area contributed by atoms with E-state index in [4.69, 9.17) is 4.42 Å². The zero-order valence-corrected chi connectivity index (χ0v) is 14.5. The van der Waals surface area contributed by atoms with Crippen LogP contribution in [0.3, 0.4) is 0 Å². The summed E-state index contributed by atoms with van der Waals surface area (Å²) < 4.78 is 5.76. The summed E-state index contributed by atoms with van der Waals surface area (Å²) >= 11 is 0. The van der Waals surface area contributed by atoms with Gasteiger partial charge in [-0.3, -0.25) is 4.79 Å². The third-order valence-electron chi connectivity index (χ3n) is 4.53. The number of hydrogen-bond acceptors (Lipinski definition) is 4. The first kappa shape index (κ1) is 16.8. The highest BCUT2D eigenvalue weighted by Crippen LogP contribution is 2.24. The highest BCUT2D eigenvalue weighted by molar-refractivity contribution is 6.09. The first-order valence-electron chi connectivity index (χ1n) is 8.42. The molecule has 1 aliphatic rings. The second kappa shape index (κ2) is 7.27. The fraction of sp³-hybridized carbons (Fsp3) is 0.300. The van der Waals surface area contributed by atoms with Gasteiger partial charge in [0.25, 0.3) is 5.91 Å². The molecular formula is C20H21N3O2. The molecule has 0 aliphatic carbocycles. The fourth-order valence-corrected chi connectivity index (χ4v) is 2.89. The molecule has 1 saturated heterocycles. The topological polar surface area (TPSA) is 69.3 Å². The Hall–Kier alpha value is -3.00. The first-order valence-corrected chi connectivity index (χ1v) is 8.42. The molecule has 1 aromatic heterocycles. The van der Waals surface area contributed by atoms with Crippen molar-refractivity contribution >= 4 is 23.6 Å². The summed E-state index contributed by atoms with van der Waals surface area (Å²) in [4.78, 5) is 14.6. The van der Waals surface area contributed by atoms with Gasteiger partial charge in [-0.1, -0.05) is 12.1 Å². The van der Waals surface area contributed by atoms with Crippen molar-refractivity contribution < 1.29 is 9.21 Å². The molecule has 1 fully saturated rings. The predicted octanol–water partition coefficient (Wildman–Crippen LogP) is 4.04. The van der Waals surface area contributed by atoms with Gasteiger partial charge in [0.05, 0.1) is 0 Å². The SMILES string of the molecule is Cc1cccc(NC(=O)/C(C#N)=C\c2ccc(N3CCCC3)o2)c1C. The van der Waals surface area contributed by atoms with E-state index in [1.54, 1.807) is 6.07 Å². The lowest BCUT2D eigenvalue weighted by molar-refractivity contribution is -0.112. The van der Waals surface area contributed by atoms with Crippen LogP contribution < -0.4 is 10.2 Å². The highest BCUT2D eigenvalue weighted by Gasteiger charge is 2.16. The van der Waals surface area contributed by atoms with Crippen molar-refractivity contribution in [3.05, 3.63) is 52.8 Å². The van der Waals surface area contributed by atoms with Crippen molar-refractivity contribution in [2.75, 3.05) is 23.3 Å². The van der Waals surface area contributed by atoms with Crippen molar-refractivity contribution in [2.24, 2.45) is 0 Å². The van der Waals surface area contributed by atoms with Gasteiger partial charge in [-0.15, -0.1) is 0 Å². The number of benzene rings is 1. The lowest BCUT2D eigenvalue weighted by Crippen LogP contribution is -2.16. The van der Waals surface area contributed by atoms with Crippen molar-refractivity contribution in [3.8, 4) is 6.07 Å². The number of carbonyl (C=O) groups excluding carboxylic acids is 1. The lowest BCUT2D eigenvalue weighted by atomic mass is 10.1. The van der Waals surface area contributed by atoms with E-state index in [2.05, 4.69) is 10.2 Å². The summed E-state index contributed by atoms with van der Waals surface area (Å²) in [6, 6.07) is 11.3. The van der Waals surface area contributed by atoms with Crippen LogP contribution in [-0.2, 0) is 4.79 Å². The molecule has 0 unspecified atom stereocenters. The molecular weight excluding hydrogens is 314 g/mol. The maximum absolute atomic E-state index is 12.4. The molecule has 2 heterocycles. The molecule has 1 amide bonds. The third kappa shape index (κ3) is 3.74. The quantitative estimate of drug-likeness (QED) is 0.676. The molecule has 5 nitrogen and oxygen atoms in total. The summed E-state index contributed by atoms with van der Waals surface area (Å²) in [5.41, 5.74) is 2.80. The van der Waals surface area contributed by atoms with E-state index in [0.29, 0.717) is 11.4 Å². The molecule has 2 aromatic rings. The van der Waals surface area contributed by atoms with Gasteiger partial charge in [0.1, 0.15) is 17.4 Å². The molecule has 0 spiro atoms. The van der Waals surface area contributed by atoms with Gasteiger partial charge in [0.2, 0.25) is 0 Å². The van der Waals surface area contributed by atoms with E-state index in [1.165, 1.54) is 6.08 Å². The van der Waals surface area contributed by atoms with Crippen LogP contribution in [0.25, 0.3) is 6.08 Å². The van der Waals surface area contributed by atoms with E-state index in [-0.39, 0.29) is 5.57 Å². The molecule has 1 N–H and O–H groups in total. The second-order valence-corrected chi connectivity index (χ2v) is 6.24. The van der Waals surface area contributed by atoms with Crippen molar-refractivity contribution in [1.82, 2.24) is 0 Å². The Labute approximate surface area is 147 Å². The van der Waals surface area contributed by atoms with Crippen LogP contribution >= 0.6 is 0 Å². The third-order valence-corrected chi connectivity index (χ3v) is 4.53. The maximum Gasteiger partial charge on any atom is 0.266 e. The Morgan fingerprint density at radius 1 is 1.24 bits per heavy atom. The zero-order chi connectivity index (χ0) is 17.8. The smallest absolute Gasteiger partial charge is 0.266 e. The normalized spacial score (nSPS) is 14.4. The van der Waals surface area contributed by atoms with E-state index in [1.807, 2.05) is 44.2 Å². The monoisotopic (exact) mass is 335 g/mol. The number of anilines is 2. The van der Waals surface area contributed by atoms with Gasteiger partial charge < -0.3 is 14.6 Å². The van der Waals surface area contributed by atoms with E-state index in [0.717, 1.165) is 42.9 Å². The Balaban J connectivity index is 1.77. The average molecular weight is 335 g/mol. The molecule has 1 aromatic carbocycles. The summed E-state index contributed by atoms with van der Waals surface area (Å²) in [5.74, 6) is 0.862. The van der Waals surface area contributed by atoms with E-state index in [9.17, 15) is 10.1 Å². The molecule has 5 heteroatoms. The average Bonchev–Trinajstić information content (AvgIpc) is 3.27. The van der Waals surface area contributed by atoms with Gasteiger partial charge in [-0.05, 0) is 49.9 Å². The Kier molecular flexibility index (Phi) is 4.90. The maximum atomic E-state index is 12.4. The van der Waals surface area contributed by atoms with Gasteiger partial charge >= 0.3 is 0 Å². The van der Waals surface area contributed by atoms with Crippen molar-refractivity contribution in [3.63, 3.8) is 0 Å². The number of nitriles is 1. The van der Waals surface area contributed by atoms with E-state index < -0.39 is 5.91 Å². The van der Waals surface area contributed by atoms with Crippen molar-refractivity contribution in [2.45, 2.75) is 26.7 Å². The van der Waals surface area contributed by atoms with Crippen LogP contribution in [0.15, 0.2) is 40.3 Å². The van der Waals surface area contributed by atoms with Crippen LogP contribution in [0.1, 0.15) is 29.7 Å². The van der Waals surface area contributed by atoms with Gasteiger partial charge in [0, 0.05) is 30.9 Å². The molecule has 0 atom stereocenters. The molecule has 128 valence electrons. The molecule has 25 heavy (non-hydrogen) atoms. The van der Waals surface area contributed by atoms with Gasteiger partial charge in [0.15, 0.2) is 5.88 Å². The van der Waals surface area contributed by atoms with Gasteiger partial charge in [-0.2, -0.15) is 5.26 Å². The number of rotatable bonds is 4. The Morgan fingerprint density at radius 3 is 2.72 bits per heavy atom. The minimum absolute atomic E-state index is 0.0169. The minimum atomic E-state index is -0.435. The summed E-state index contributed by atoms with van der Waals surface area (Å²) in [6.07, 6.45) is 3.81. The second-order valence-electron chi connectivity index (χ2n) is 6.24. The Bertz CT molecular complexity index is 852. The largest absolute Gasteiger partial charge is 0.441 e. The van der Waals surface area contributed by atoms with E-state index >= 15 is 0 Å². The lowest BCUT2D eigenvalue weighted by Gasteiger charge is -2.12. The van der Waals surface area contributed by atoms with Crippen LogP contribution in [0.4, 0.5) is 11.6 Å². The van der Waals surface area contributed by atoms with Crippen LogP contribution in [-0.4, -0.2) is 19.0 Å². The summed E-state index contributed by atoms with van der Waals surface area (Å²) in [7, 11) is 0. The fourth-order valence-electron chi connectivity index (χ4n) is 2.89. The van der Waals surface area contributed by atoms with Crippen LogP contribution in [0.2, 0.25) is 0 Å². The number of nitrogens with zero attached hydrogens (tertiary/aromatic N) is 2. The number of hydrogen-bond donors (Lipinski definition) is 1. The number of carbonyl (C=O) groups is 1. The van der Waals surface area contributed by atoms with Crippen molar-refractivity contribution in [1.29, 1.82) is 5.26 Å². The summed E-state index contributed by atoms with van der Waals surface area (Å²) in [6.45, 7) is 5.88. The number of furan rings is 1.